The fraction of sp³-hybridized carbons (Fsp3) is 0.300. The van der Waals surface area contributed by atoms with Crippen LogP contribution in [0.3, 0.4) is 0 Å². The highest BCUT2D eigenvalue weighted by Gasteiger charge is 2.33. The van der Waals surface area contributed by atoms with Crippen molar-refractivity contribution in [1.29, 1.82) is 0 Å². The van der Waals surface area contributed by atoms with Crippen LogP contribution in [0.4, 0.5) is 13.2 Å². The summed E-state index contributed by atoms with van der Waals surface area (Å²) in [6.07, 6.45) is -2.97. The van der Waals surface area contributed by atoms with E-state index in [0.29, 0.717) is 12.0 Å². The van der Waals surface area contributed by atoms with Crippen molar-refractivity contribution in [3.05, 3.63) is 24.0 Å². The van der Waals surface area contributed by atoms with Crippen LogP contribution in [-0.4, -0.2) is 16.6 Å². The summed E-state index contributed by atoms with van der Waals surface area (Å²) in [5.74, 6) is 0.190. The van der Waals surface area contributed by atoms with Gasteiger partial charge in [-0.2, -0.15) is 13.2 Å². The van der Waals surface area contributed by atoms with E-state index in [2.05, 4.69) is 9.97 Å². The van der Waals surface area contributed by atoms with Gasteiger partial charge in [-0.3, -0.25) is 0 Å². The van der Waals surface area contributed by atoms with Gasteiger partial charge in [0.15, 0.2) is 0 Å². The molecule has 0 fully saturated rings. The number of ether oxygens (including phenoxy) is 1. The molecule has 0 amide bonds. The third kappa shape index (κ3) is 1.82. The third-order valence-corrected chi connectivity index (χ3v) is 2.09. The van der Waals surface area contributed by atoms with Gasteiger partial charge in [0.05, 0.1) is 6.61 Å². The van der Waals surface area contributed by atoms with Crippen LogP contribution in [-0.2, 0) is 6.18 Å². The zero-order valence-electron chi connectivity index (χ0n) is 8.43. The average molecular weight is 230 g/mol. The normalized spacial score (nSPS) is 12.0. The highest BCUT2D eigenvalue weighted by Crippen LogP contribution is 2.33. The van der Waals surface area contributed by atoms with Crippen molar-refractivity contribution in [2.24, 2.45) is 0 Å². The lowest BCUT2D eigenvalue weighted by Crippen LogP contribution is -2.04. The molecule has 0 atom stereocenters. The Balaban J connectivity index is 2.57. The number of rotatable bonds is 2. The lowest BCUT2D eigenvalue weighted by Gasteiger charge is -2.03. The quantitative estimate of drug-likeness (QED) is 0.861. The van der Waals surface area contributed by atoms with Gasteiger partial charge in [-0.1, -0.05) is 0 Å². The summed E-state index contributed by atoms with van der Waals surface area (Å²) in [5.41, 5.74) is -0.520. The maximum Gasteiger partial charge on any atom is 0.431 e. The Morgan fingerprint density at radius 1 is 1.44 bits per heavy atom. The van der Waals surface area contributed by atoms with Crippen molar-refractivity contribution < 1.29 is 17.9 Å². The molecule has 0 radical (unpaired) electrons. The molecule has 86 valence electrons. The lowest BCUT2D eigenvalue weighted by molar-refractivity contribution is -0.140. The number of halogens is 3. The first-order valence-corrected chi connectivity index (χ1v) is 4.70. The van der Waals surface area contributed by atoms with E-state index in [1.54, 1.807) is 6.92 Å². The van der Waals surface area contributed by atoms with E-state index in [9.17, 15) is 13.2 Å². The SMILES string of the molecule is CCOc1nccc2cc(C(F)(F)F)[nH]c12. The van der Waals surface area contributed by atoms with Crippen molar-refractivity contribution in [3.63, 3.8) is 0 Å². The molecule has 2 heterocycles. The zero-order chi connectivity index (χ0) is 11.8. The maximum atomic E-state index is 12.5. The monoisotopic (exact) mass is 230 g/mol. The molecule has 0 aliphatic carbocycles. The van der Waals surface area contributed by atoms with Gasteiger partial charge < -0.3 is 9.72 Å². The smallest absolute Gasteiger partial charge is 0.431 e. The van der Waals surface area contributed by atoms with Crippen molar-refractivity contribution in [1.82, 2.24) is 9.97 Å². The Morgan fingerprint density at radius 2 is 2.19 bits per heavy atom. The number of fused-ring (bicyclic) bond motifs is 1. The van der Waals surface area contributed by atoms with Crippen LogP contribution < -0.4 is 4.74 Å². The standard InChI is InChI=1S/C10H9F3N2O/c1-2-16-9-8-6(3-4-14-9)5-7(15-8)10(11,12)13/h3-5,15H,2H2,1H3. The van der Waals surface area contributed by atoms with Crippen LogP contribution in [0.2, 0.25) is 0 Å². The predicted molar refractivity (Wildman–Crippen MR) is 52.3 cm³/mol. The van der Waals surface area contributed by atoms with Crippen LogP contribution in [0.1, 0.15) is 12.6 Å². The summed E-state index contributed by atoms with van der Waals surface area (Å²) >= 11 is 0. The molecule has 0 saturated heterocycles. The van der Waals surface area contributed by atoms with Crippen LogP contribution in [0.5, 0.6) is 5.88 Å². The van der Waals surface area contributed by atoms with E-state index in [1.807, 2.05) is 0 Å². The molecule has 2 aromatic rings. The van der Waals surface area contributed by atoms with Gasteiger partial charge in [0.25, 0.3) is 0 Å². The van der Waals surface area contributed by atoms with Crippen molar-refractivity contribution in [2.75, 3.05) is 6.61 Å². The fourth-order valence-corrected chi connectivity index (χ4v) is 1.43. The number of alkyl halides is 3. The first kappa shape index (κ1) is 10.8. The van der Waals surface area contributed by atoms with Gasteiger partial charge in [-0.15, -0.1) is 0 Å². The average Bonchev–Trinajstić information content (AvgIpc) is 2.62. The maximum absolute atomic E-state index is 12.5. The van der Waals surface area contributed by atoms with Crippen LogP contribution in [0.25, 0.3) is 10.9 Å². The first-order chi connectivity index (χ1) is 7.52. The Morgan fingerprint density at radius 3 is 2.81 bits per heavy atom. The summed E-state index contributed by atoms with van der Waals surface area (Å²) in [5, 5.41) is 0.436. The van der Waals surface area contributed by atoms with E-state index in [0.717, 1.165) is 6.07 Å². The molecule has 0 unspecified atom stereocenters. The zero-order valence-corrected chi connectivity index (χ0v) is 8.43. The number of pyridine rings is 1. The number of aromatic nitrogens is 2. The molecule has 3 nitrogen and oxygen atoms in total. The summed E-state index contributed by atoms with van der Waals surface area (Å²) in [7, 11) is 0. The van der Waals surface area contributed by atoms with Gasteiger partial charge in [0.2, 0.25) is 5.88 Å². The van der Waals surface area contributed by atoms with Crippen LogP contribution >= 0.6 is 0 Å². The molecule has 0 bridgehead atoms. The summed E-state index contributed by atoms with van der Waals surface area (Å²) in [6.45, 7) is 2.10. The highest BCUT2D eigenvalue weighted by atomic mass is 19.4. The van der Waals surface area contributed by atoms with E-state index in [4.69, 9.17) is 4.74 Å². The lowest BCUT2D eigenvalue weighted by atomic mass is 10.3. The number of nitrogens with one attached hydrogen (secondary N) is 1. The van der Waals surface area contributed by atoms with Gasteiger partial charge in [-0.05, 0) is 19.1 Å². The van der Waals surface area contributed by atoms with Crippen molar-refractivity contribution >= 4 is 10.9 Å². The first-order valence-electron chi connectivity index (χ1n) is 4.70. The van der Waals surface area contributed by atoms with Gasteiger partial charge in [-0.25, -0.2) is 4.98 Å². The summed E-state index contributed by atoms with van der Waals surface area (Å²) in [4.78, 5) is 6.15. The van der Waals surface area contributed by atoms with Crippen LogP contribution in [0, 0.1) is 0 Å². The third-order valence-electron chi connectivity index (χ3n) is 2.09. The molecule has 6 heteroatoms. The molecule has 0 aliphatic rings. The number of hydrogen-bond donors (Lipinski definition) is 1. The Hall–Kier alpha value is -1.72. The van der Waals surface area contributed by atoms with Crippen molar-refractivity contribution in [2.45, 2.75) is 13.1 Å². The molecular weight excluding hydrogens is 221 g/mol. The molecule has 0 saturated carbocycles. The fourth-order valence-electron chi connectivity index (χ4n) is 1.43. The number of aromatic amines is 1. The summed E-state index contributed by atoms with van der Waals surface area (Å²) < 4.78 is 42.5. The topological polar surface area (TPSA) is 37.9 Å². The van der Waals surface area contributed by atoms with Gasteiger partial charge in [0.1, 0.15) is 11.2 Å². The van der Waals surface area contributed by atoms with E-state index in [-0.39, 0.29) is 11.4 Å². The van der Waals surface area contributed by atoms with Crippen LogP contribution in [0.15, 0.2) is 18.3 Å². The highest BCUT2D eigenvalue weighted by molar-refractivity contribution is 5.84. The molecule has 0 aliphatic heterocycles. The molecular formula is C10H9F3N2O. The second-order valence-electron chi connectivity index (χ2n) is 3.19. The largest absolute Gasteiger partial charge is 0.476 e. The molecule has 0 aromatic carbocycles. The van der Waals surface area contributed by atoms with E-state index < -0.39 is 11.9 Å². The molecule has 16 heavy (non-hydrogen) atoms. The number of hydrogen-bond acceptors (Lipinski definition) is 2. The Kier molecular flexibility index (Phi) is 2.49. The second kappa shape index (κ2) is 3.70. The minimum absolute atomic E-state index is 0.190. The number of nitrogens with zero attached hydrogens (tertiary/aromatic N) is 1. The molecule has 2 rings (SSSR count). The van der Waals surface area contributed by atoms with E-state index >= 15 is 0 Å². The Bertz CT molecular complexity index is 504. The molecule has 2 aromatic heterocycles. The summed E-state index contributed by atoms with van der Waals surface area (Å²) in [6, 6.07) is 2.54. The Labute approximate surface area is 89.2 Å². The van der Waals surface area contributed by atoms with Gasteiger partial charge >= 0.3 is 6.18 Å². The minimum Gasteiger partial charge on any atom is -0.476 e. The molecule has 0 spiro atoms. The predicted octanol–water partition coefficient (Wildman–Crippen LogP) is 2.98. The van der Waals surface area contributed by atoms with Gasteiger partial charge in [0, 0.05) is 11.6 Å². The van der Waals surface area contributed by atoms with Crippen molar-refractivity contribution in [3.8, 4) is 5.88 Å². The second-order valence-corrected chi connectivity index (χ2v) is 3.19. The van der Waals surface area contributed by atoms with E-state index in [1.165, 1.54) is 12.3 Å². The number of H-pyrrole nitrogens is 1. The minimum atomic E-state index is -4.39. The molecule has 1 N–H and O–H groups in total.